The van der Waals surface area contributed by atoms with E-state index in [0.29, 0.717) is 30.4 Å². The van der Waals surface area contributed by atoms with E-state index in [1.54, 1.807) is 12.3 Å². The summed E-state index contributed by atoms with van der Waals surface area (Å²) in [5, 5.41) is 2.94. The van der Waals surface area contributed by atoms with E-state index in [9.17, 15) is 9.18 Å². The molecule has 6 nitrogen and oxygen atoms in total. The van der Waals surface area contributed by atoms with Gasteiger partial charge < -0.3 is 14.6 Å². The smallest absolute Gasteiger partial charge is 0.273 e. The summed E-state index contributed by atoms with van der Waals surface area (Å²) in [7, 11) is 0. The number of halogens is 1. The molecule has 1 atom stereocenters. The predicted molar refractivity (Wildman–Crippen MR) is 82.9 cm³/mol. The van der Waals surface area contributed by atoms with Crippen molar-refractivity contribution in [3.05, 3.63) is 42.0 Å². The molecule has 0 aliphatic carbocycles. The van der Waals surface area contributed by atoms with Crippen molar-refractivity contribution in [3.8, 4) is 0 Å². The molecule has 0 spiro atoms. The Hall–Kier alpha value is -2.44. The Morgan fingerprint density at radius 3 is 3.04 bits per heavy atom. The molecule has 122 valence electrons. The quantitative estimate of drug-likeness (QED) is 0.937. The van der Waals surface area contributed by atoms with Crippen LogP contribution in [-0.4, -0.2) is 35.0 Å². The van der Waals surface area contributed by atoms with Gasteiger partial charge in [0.15, 0.2) is 23.7 Å². The number of amides is 1. The van der Waals surface area contributed by atoms with Gasteiger partial charge in [0.05, 0.1) is 0 Å². The lowest BCUT2D eigenvalue weighted by atomic mass is 10.1. The fourth-order valence-corrected chi connectivity index (χ4v) is 2.77. The fraction of sp³-hybridized carbons (Fsp3) is 0.438. The number of pyridine rings is 1. The van der Waals surface area contributed by atoms with E-state index in [1.807, 2.05) is 18.7 Å². The second kappa shape index (κ2) is 6.36. The lowest BCUT2D eigenvalue weighted by Crippen LogP contribution is -2.38. The standard InChI is InChI=1S/C16H19FN4O2/c1-10(2)14-13(19-9-23-14)16(22)20-11-5-7-21(8-11)15-12(17)4-3-6-18-15/h3-4,6,9-11H,5,7-8H2,1-2H3,(H,20,22). The summed E-state index contributed by atoms with van der Waals surface area (Å²) in [6.07, 6.45) is 3.58. The highest BCUT2D eigenvalue weighted by molar-refractivity contribution is 5.93. The Morgan fingerprint density at radius 1 is 1.48 bits per heavy atom. The molecular weight excluding hydrogens is 299 g/mol. The molecule has 0 aromatic carbocycles. The molecule has 2 aromatic rings. The van der Waals surface area contributed by atoms with Gasteiger partial charge in [0.25, 0.3) is 5.91 Å². The third-order valence-corrected chi connectivity index (χ3v) is 3.90. The van der Waals surface area contributed by atoms with E-state index in [-0.39, 0.29) is 23.7 Å². The summed E-state index contributed by atoms with van der Waals surface area (Å²) in [5.41, 5.74) is 0.322. The zero-order chi connectivity index (χ0) is 16.4. The first kappa shape index (κ1) is 15.5. The first-order chi connectivity index (χ1) is 11.1. The number of aromatic nitrogens is 2. The molecule has 1 saturated heterocycles. The van der Waals surface area contributed by atoms with E-state index in [2.05, 4.69) is 15.3 Å². The summed E-state index contributed by atoms with van der Waals surface area (Å²) >= 11 is 0. The van der Waals surface area contributed by atoms with E-state index in [0.717, 1.165) is 6.42 Å². The van der Waals surface area contributed by atoms with Gasteiger partial charge >= 0.3 is 0 Å². The van der Waals surface area contributed by atoms with Crippen molar-refractivity contribution in [2.24, 2.45) is 0 Å². The summed E-state index contributed by atoms with van der Waals surface area (Å²) in [5.74, 6) is 0.386. The molecule has 7 heteroatoms. The van der Waals surface area contributed by atoms with E-state index >= 15 is 0 Å². The average molecular weight is 318 g/mol. The molecule has 0 bridgehead atoms. The Kier molecular flexibility index (Phi) is 4.27. The van der Waals surface area contributed by atoms with Gasteiger partial charge in [0, 0.05) is 31.2 Å². The van der Waals surface area contributed by atoms with Gasteiger partial charge in [-0.05, 0) is 18.6 Å². The first-order valence-electron chi connectivity index (χ1n) is 7.66. The summed E-state index contributed by atoms with van der Waals surface area (Å²) in [6, 6.07) is 2.88. The van der Waals surface area contributed by atoms with Crippen molar-refractivity contribution >= 4 is 11.7 Å². The molecule has 1 aliphatic rings. The second-order valence-corrected chi connectivity index (χ2v) is 5.93. The molecule has 1 N–H and O–H groups in total. The molecule has 0 saturated carbocycles. The molecule has 3 rings (SSSR count). The maximum absolute atomic E-state index is 13.8. The lowest BCUT2D eigenvalue weighted by molar-refractivity contribution is 0.0933. The highest BCUT2D eigenvalue weighted by atomic mass is 19.1. The largest absolute Gasteiger partial charge is 0.447 e. The lowest BCUT2D eigenvalue weighted by Gasteiger charge is -2.18. The molecule has 1 aliphatic heterocycles. The van der Waals surface area contributed by atoms with Crippen LogP contribution in [0.1, 0.15) is 42.4 Å². The average Bonchev–Trinajstić information content (AvgIpc) is 3.16. The van der Waals surface area contributed by atoms with Crippen LogP contribution in [0.4, 0.5) is 10.2 Å². The van der Waals surface area contributed by atoms with Crippen LogP contribution in [0.25, 0.3) is 0 Å². The maximum atomic E-state index is 13.8. The Labute approximate surface area is 133 Å². The summed E-state index contributed by atoms with van der Waals surface area (Å²) in [6.45, 7) is 5.06. The summed E-state index contributed by atoms with van der Waals surface area (Å²) in [4.78, 5) is 22.3. The second-order valence-electron chi connectivity index (χ2n) is 5.93. The molecule has 2 aromatic heterocycles. The monoisotopic (exact) mass is 318 g/mol. The molecule has 1 fully saturated rings. The maximum Gasteiger partial charge on any atom is 0.273 e. The number of anilines is 1. The number of carbonyl (C=O) groups is 1. The number of rotatable bonds is 4. The first-order valence-corrected chi connectivity index (χ1v) is 7.66. The van der Waals surface area contributed by atoms with Crippen molar-refractivity contribution in [1.29, 1.82) is 0 Å². The van der Waals surface area contributed by atoms with Gasteiger partial charge in [-0.2, -0.15) is 0 Å². The van der Waals surface area contributed by atoms with Crippen LogP contribution >= 0.6 is 0 Å². The van der Waals surface area contributed by atoms with Crippen LogP contribution < -0.4 is 10.2 Å². The number of carbonyl (C=O) groups excluding carboxylic acids is 1. The Balaban J connectivity index is 1.65. The topological polar surface area (TPSA) is 71.3 Å². The number of hydrogen-bond acceptors (Lipinski definition) is 5. The van der Waals surface area contributed by atoms with Gasteiger partial charge in [-0.25, -0.2) is 14.4 Å². The minimum Gasteiger partial charge on any atom is -0.447 e. The van der Waals surface area contributed by atoms with Crippen molar-refractivity contribution in [2.75, 3.05) is 18.0 Å². The van der Waals surface area contributed by atoms with Gasteiger partial charge in [-0.15, -0.1) is 0 Å². The van der Waals surface area contributed by atoms with Gasteiger partial charge in [-0.1, -0.05) is 13.8 Å². The molecule has 1 unspecified atom stereocenters. The highest BCUT2D eigenvalue weighted by Gasteiger charge is 2.28. The van der Waals surface area contributed by atoms with E-state index in [1.165, 1.54) is 12.5 Å². The number of nitrogens with one attached hydrogen (secondary N) is 1. The van der Waals surface area contributed by atoms with Crippen molar-refractivity contribution in [2.45, 2.75) is 32.2 Å². The van der Waals surface area contributed by atoms with Gasteiger partial charge in [0.1, 0.15) is 5.76 Å². The van der Waals surface area contributed by atoms with E-state index < -0.39 is 0 Å². The molecule has 0 radical (unpaired) electrons. The van der Waals surface area contributed by atoms with Crippen LogP contribution in [0, 0.1) is 5.82 Å². The van der Waals surface area contributed by atoms with Crippen LogP contribution in [0.2, 0.25) is 0 Å². The molecular formula is C16H19FN4O2. The summed E-state index contributed by atoms with van der Waals surface area (Å²) < 4.78 is 19.1. The van der Waals surface area contributed by atoms with Crippen molar-refractivity contribution in [1.82, 2.24) is 15.3 Å². The number of oxazole rings is 1. The minimum absolute atomic E-state index is 0.0689. The van der Waals surface area contributed by atoms with Crippen LogP contribution in [0.15, 0.2) is 29.1 Å². The Morgan fingerprint density at radius 2 is 2.30 bits per heavy atom. The van der Waals surface area contributed by atoms with Gasteiger partial charge in [-0.3, -0.25) is 4.79 Å². The Bertz CT molecular complexity index is 701. The zero-order valence-electron chi connectivity index (χ0n) is 13.1. The molecule has 23 heavy (non-hydrogen) atoms. The zero-order valence-corrected chi connectivity index (χ0v) is 13.1. The molecule has 3 heterocycles. The third kappa shape index (κ3) is 3.18. The molecule has 1 amide bonds. The van der Waals surface area contributed by atoms with Crippen LogP contribution in [0.5, 0.6) is 0 Å². The van der Waals surface area contributed by atoms with Crippen LogP contribution in [-0.2, 0) is 0 Å². The number of nitrogens with zero attached hydrogens (tertiary/aromatic N) is 3. The normalized spacial score (nSPS) is 17.7. The van der Waals surface area contributed by atoms with Crippen LogP contribution in [0.3, 0.4) is 0 Å². The van der Waals surface area contributed by atoms with Gasteiger partial charge in [0.2, 0.25) is 0 Å². The third-order valence-electron chi connectivity index (χ3n) is 3.90. The van der Waals surface area contributed by atoms with E-state index in [4.69, 9.17) is 4.42 Å². The fourth-order valence-electron chi connectivity index (χ4n) is 2.77. The van der Waals surface area contributed by atoms with Crippen molar-refractivity contribution in [3.63, 3.8) is 0 Å². The SMILES string of the molecule is CC(C)c1ocnc1C(=O)NC1CCN(c2ncccc2F)C1. The number of hydrogen-bond donors (Lipinski definition) is 1. The predicted octanol–water partition coefficient (Wildman–Crippen LogP) is 2.34. The van der Waals surface area contributed by atoms with Crippen molar-refractivity contribution < 1.29 is 13.6 Å². The minimum atomic E-state index is -0.349. The highest BCUT2D eigenvalue weighted by Crippen LogP contribution is 2.22.